The fourth-order valence-corrected chi connectivity index (χ4v) is 2.93. The van der Waals surface area contributed by atoms with Gasteiger partial charge in [0.15, 0.2) is 0 Å². The molecule has 1 saturated heterocycles. The molecule has 108 valence electrons. The van der Waals surface area contributed by atoms with Crippen LogP contribution in [0.3, 0.4) is 0 Å². The van der Waals surface area contributed by atoms with Crippen molar-refractivity contribution in [3.63, 3.8) is 0 Å². The van der Waals surface area contributed by atoms with Gasteiger partial charge < -0.3 is 15.4 Å². The Morgan fingerprint density at radius 1 is 1.45 bits per heavy atom. The molecular formula is C14H18N2O3S. The lowest BCUT2D eigenvalue weighted by Crippen LogP contribution is -2.46. The van der Waals surface area contributed by atoms with Gasteiger partial charge in [0.1, 0.15) is 0 Å². The molecule has 20 heavy (non-hydrogen) atoms. The average Bonchev–Trinajstić information content (AvgIpc) is 2.49. The van der Waals surface area contributed by atoms with Crippen molar-refractivity contribution in [2.45, 2.75) is 13.0 Å². The number of benzene rings is 1. The highest BCUT2D eigenvalue weighted by molar-refractivity contribution is 7.99. The molecule has 2 N–H and O–H groups in total. The summed E-state index contributed by atoms with van der Waals surface area (Å²) in [6, 6.07) is 5.07. The molecular weight excluding hydrogens is 276 g/mol. The maximum atomic E-state index is 12.2. The first-order chi connectivity index (χ1) is 9.61. The summed E-state index contributed by atoms with van der Waals surface area (Å²) in [5.74, 6) is 1.19. The summed E-state index contributed by atoms with van der Waals surface area (Å²) in [7, 11) is 1.33. The first kappa shape index (κ1) is 14.9. The molecule has 1 fully saturated rings. The number of hydrogen-bond donors (Lipinski definition) is 2. The molecule has 1 aliphatic heterocycles. The highest BCUT2D eigenvalue weighted by Gasteiger charge is 2.22. The van der Waals surface area contributed by atoms with Gasteiger partial charge in [0.25, 0.3) is 0 Å². The van der Waals surface area contributed by atoms with E-state index >= 15 is 0 Å². The quantitative estimate of drug-likeness (QED) is 0.825. The van der Waals surface area contributed by atoms with Gasteiger partial charge in [0.05, 0.1) is 24.4 Å². The second kappa shape index (κ2) is 6.76. The van der Waals surface area contributed by atoms with Crippen molar-refractivity contribution < 1.29 is 14.3 Å². The zero-order chi connectivity index (χ0) is 14.5. The number of carbonyl (C=O) groups excluding carboxylic acids is 2. The zero-order valence-electron chi connectivity index (χ0n) is 11.6. The predicted molar refractivity (Wildman–Crippen MR) is 80.3 cm³/mol. The number of ether oxygens (including phenoxy) is 1. The highest BCUT2D eigenvalue weighted by Crippen LogP contribution is 2.19. The lowest BCUT2D eigenvalue weighted by Gasteiger charge is -2.22. The Bertz CT molecular complexity index is 513. The molecule has 2 rings (SSSR count). The van der Waals surface area contributed by atoms with Crippen LogP contribution in [0.1, 0.15) is 15.9 Å². The van der Waals surface area contributed by atoms with Gasteiger partial charge in [-0.05, 0) is 19.1 Å². The van der Waals surface area contributed by atoms with Gasteiger partial charge in [-0.2, -0.15) is 11.8 Å². The first-order valence-corrected chi connectivity index (χ1v) is 7.58. The fraction of sp³-hybridized carbons (Fsp3) is 0.429. The number of methoxy groups -OCH3 is 1. The topological polar surface area (TPSA) is 67.4 Å². The lowest BCUT2D eigenvalue weighted by atomic mass is 10.1. The third-order valence-corrected chi connectivity index (χ3v) is 4.14. The molecule has 1 amide bonds. The van der Waals surface area contributed by atoms with E-state index in [9.17, 15) is 9.59 Å². The standard InChI is InChI=1S/C14H18N2O3S/c1-9-3-4-11(10(7-9)14(18)19-2)16-13(17)12-8-20-6-5-15-12/h3-4,7,12,15H,5-6,8H2,1-2H3,(H,16,17). The number of nitrogens with one attached hydrogen (secondary N) is 2. The largest absolute Gasteiger partial charge is 0.465 e. The summed E-state index contributed by atoms with van der Waals surface area (Å²) in [5, 5.41) is 5.97. The van der Waals surface area contributed by atoms with Gasteiger partial charge in [-0.25, -0.2) is 4.79 Å². The molecule has 1 heterocycles. The Labute approximate surface area is 122 Å². The summed E-state index contributed by atoms with van der Waals surface area (Å²) in [5.41, 5.74) is 1.81. The predicted octanol–water partition coefficient (Wildman–Crippen LogP) is 1.43. The molecule has 0 bridgehead atoms. The van der Waals surface area contributed by atoms with Crippen LogP contribution in [0, 0.1) is 6.92 Å². The normalized spacial score (nSPS) is 18.4. The van der Waals surface area contributed by atoms with E-state index in [1.165, 1.54) is 7.11 Å². The number of hydrogen-bond acceptors (Lipinski definition) is 5. The third-order valence-electron chi connectivity index (χ3n) is 3.08. The summed E-state index contributed by atoms with van der Waals surface area (Å²) < 4.78 is 4.75. The van der Waals surface area contributed by atoms with Gasteiger partial charge in [-0.3, -0.25) is 4.79 Å². The summed E-state index contributed by atoms with van der Waals surface area (Å²) in [4.78, 5) is 23.9. The van der Waals surface area contributed by atoms with Crippen LogP contribution in [-0.2, 0) is 9.53 Å². The van der Waals surface area contributed by atoms with Crippen LogP contribution >= 0.6 is 11.8 Å². The average molecular weight is 294 g/mol. The number of carbonyl (C=O) groups is 2. The van der Waals surface area contributed by atoms with Gasteiger partial charge >= 0.3 is 5.97 Å². The number of amides is 1. The van der Waals surface area contributed by atoms with Gasteiger partial charge in [-0.1, -0.05) is 11.6 Å². The zero-order valence-corrected chi connectivity index (χ0v) is 12.4. The van der Waals surface area contributed by atoms with Crippen molar-refractivity contribution in [2.75, 3.05) is 30.5 Å². The van der Waals surface area contributed by atoms with Crippen molar-refractivity contribution in [1.82, 2.24) is 5.32 Å². The van der Waals surface area contributed by atoms with E-state index in [1.54, 1.807) is 23.9 Å². The summed E-state index contributed by atoms with van der Waals surface area (Å²) in [6.45, 7) is 2.71. The maximum absolute atomic E-state index is 12.2. The minimum absolute atomic E-state index is 0.119. The molecule has 0 spiro atoms. The van der Waals surface area contributed by atoms with E-state index < -0.39 is 5.97 Å². The monoisotopic (exact) mass is 294 g/mol. The van der Waals surface area contributed by atoms with Gasteiger partial charge in [-0.15, -0.1) is 0 Å². The molecule has 1 aromatic carbocycles. The van der Waals surface area contributed by atoms with E-state index in [0.717, 1.165) is 23.6 Å². The van der Waals surface area contributed by atoms with Crippen LogP contribution in [-0.4, -0.2) is 43.1 Å². The van der Waals surface area contributed by atoms with E-state index in [-0.39, 0.29) is 11.9 Å². The van der Waals surface area contributed by atoms with Crippen molar-refractivity contribution in [3.8, 4) is 0 Å². The lowest BCUT2D eigenvalue weighted by molar-refractivity contribution is -0.117. The van der Waals surface area contributed by atoms with E-state index in [4.69, 9.17) is 4.74 Å². The molecule has 1 unspecified atom stereocenters. The number of aryl methyl sites for hydroxylation is 1. The van der Waals surface area contributed by atoms with Crippen LogP contribution < -0.4 is 10.6 Å². The molecule has 0 saturated carbocycles. The number of rotatable bonds is 3. The molecule has 1 aromatic rings. The molecule has 1 aliphatic rings. The Morgan fingerprint density at radius 3 is 2.90 bits per heavy atom. The minimum Gasteiger partial charge on any atom is -0.465 e. The van der Waals surface area contributed by atoms with E-state index in [1.807, 2.05) is 13.0 Å². The van der Waals surface area contributed by atoms with Crippen LogP contribution in [0.5, 0.6) is 0 Å². The molecule has 5 nitrogen and oxygen atoms in total. The SMILES string of the molecule is COC(=O)c1cc(C)ccc1NC(=O)C1CSCCN1. The Kier molecular flexibility index (Phi) is 5.03. The van der Waals surface area contributed by atoms with Crippen LogP contribution in [0.4, 0.5) is 5.69 Å². The highest BCUT2D eigenvalue weighted by atomic mass is 32.2. The summed E-state index contributed by atoms with van der Waals surface area (Å²) >= 11 is 1.74. The van der Waals surface area contributed by atoms with Crippen molar-refractivity contribution >= 4 is 29.3 Å². The summed E-state index contributed by atoms with van der Waals surface area (Å²) in [6.07, 6.45) is 0. The van der Waals surface area contributed by atoms with Crippen LogP contribution in [0.2, 0.25) is 0 Å². The Hall–Kier alpha value is -1.53. The molecule has 0 aliphatic carbocycles. The van der Waals surface area contributed by atoms with E-state index in [0.29, 0.717) is 11.3 Å². The molecule has 6 heteroatoms. The first-order valence-electron chi connectivity index (χ1n) is 6.43. The third kappa shape index (κ3) is 3.52. The molecule has 0 aromatic heterocycles. The number of anilines is 1. The Morgan fingerprint density at radius 2 is 2.25 bits per heavy atom. The fourth-order valence-electron chi connectivity index (χ4n) is 2.00. The maximum Gasteiger partial charge on any atom is 0.339 e. The second-order valence-electron chi connectivity index (χ2n) is 4.61. The smallest absolute Gasteiger partial charge is 0.339 e. The van der Waals surface area contributed by atoms with Gasteiger partial charge in [0.2, 0.25) is 5.91 Å². The molecule has 1 atom stereocenters. The minimum atomic E-state index is -0.449. The number of thioether (sulfide) groups is 1. The number of esters is 1. The van der Waals surface area contributed by atoms with Crippen molar-refractivity contribution in [2.24, 2.45) is 0 Å². The van der Waals surface area contributed by atoms with E-state index in [2.05, 4.69) is 10.6 Å². The van der Waals surface area contributed by atoms with Gasteiger partial charge in [0, 0.05) is 18.1 Å². The Balaban J connectivity index is 2.15. The molecule has 0 radical (unpaired) electrons. The second-order valence-corrected chi connectivity index (χ2v) is 5.76. The van der Waals surface area contributed by atoms with Crippen molar-refractivity contribution in [3.05, 3.63) is 29.3 Å². The van der Waals surface area contributed by atoms with Crippen molar-refractivity contribution in [1.29, 1.82) is 0 Å². The van der Waals surface area contributed by atoms with Crippen LogP contribution in [0.15, 0.2) is 18.2 Å². The van der Waals surface area contributed by atoms with Crippen LogP contribution in [0.25, 0.3) is 0 Å².